The minimum atomic E-state index is -0.405. The average molecular weight is 200 g/mol. The first kappa shape index (κ1) is 11.5. The number of nitrogens with zero attached hydrogens (tertiary/aromatic N) is 1. The number of hydrogen-bond donors (Lipinski definition) is 2. The summed E-state index contributed by atoms with van der Waals surface area (Å²) < 4.78 is 0. The van der Waals surface area contributed by atoms with Gasteiger partial charge in [0.05, 0.1) is 12.1 Å². The molecule has 0 aromatic heterocycles. The molecule has 1 unspecified atom stereocenters. The van der Waals surface area contributed by atoms with Crippen LogP contribution in [0.4, 0.5) is 0 Å². The first-order chi connectivity index (χ1) is 6.52. The highest BCUT2D eigenvalue weighted by Crippen LogP contribution is 2.20. The molecule has 2 atom stereocenters. The van der Waals surface area contributed by atoms with Gasteiger partial charge in [-0.2, -0.15) is 0 Å². The third-order valence-corrected chi connectivity index (χ3v) is 2.92. The van der Waals surface area contributed by atoms with Crippen molar-refractivity contribution in [3.05, 3.63) is 0 Å². The van der Waals surface area contributed by atoms with Crippen LogP contribution in [-0.2, 0) is 4.79 Å². The number of aliphatic hydroxyl groups is 1. The number of likely N-dealkylation sites (tertiary alicyclic amines) is 1. The van der Waals surface area contributed by atoms with Gasteiger partial charge in [0, 0.05) is 13.1 Å². The van der Waals surface area contributed by atoms with Crippen molar-refractivity contribution in [2.45, 2.75) is 38.8 Å². The van der Waals surface area contributed by atoms with E-state index >= 15 is 0 Å². The summed E-state index contributed by atoms with van der Waals surface area (Å²) in [5, 5.41) is 9.38. The summed E-state index contributed by atoms with van der Waals surface area (Å²) in [5.74, 6) is 0.362. The minimum absolute atomic E-state index is 0.0223. The van der Waals surface area contributed by atoms with E-state index in [9.17, 15) is 9.90 Å². The molecule has 1 aliphatic rings. The van der Waals surface area contributed by atoms with Gasteiger partial charge in [0.2, 0.25) is 5.91 Å². The monoisotopic (exact) mass is 200 g/mol. The van der Waals surface area contributed by atoms with E-state index in [0.717, 1.165) is 25.9 Å². The van der Waals surface area contributed by atoms with E-state index < -0.39 is 6.04 Å². The fraction of sp³-hybridized carbons (Fsp3) is 0.900. The van der Waals surface area contributed by atoms with Gasteiger partial charge < -0.3 is 15.7 Å². The van der Waals surface area contributed by atoms with Crippen LogP contribution in [0.3, 0.4) is 0 Å². The van der Waals surface area contributed by atoms with E-state index in [4.69, 9.17) is 5.73 Å². The third-order valence-electron chi connectivity index (χ3n) is 2.92. The van der Waals surface area contributed by atoms with Crippen LogP contribution in [0.15, 0.2) is 0 Å². The number of aliphatic hydroxyl groups excluding tert-OH is 1. The van der Waals surface area contributed by atoms with Gasteiger partial charge in [-0.25, -0.2) is 0 Å². The maximum Gasteiger partial charge on any atom is 0.239 e. The molecule has 1 rings (SSSR count). The highest BCUT2D eigenvalue weighted by molar-refractivity contribution is 5.81. The molecule has 4 nitrogen and oxygen atoms in total. The Hall–Kier alpha value is -0.610. The molecule has 0 aromatic rings. The van der Waals surface area contributed by atoms with Gasteiger partial charge in [-0.05, 0) is 32.6 Å². The van der Waals surface area contributed by atoms with Crippen molar-refractivity contribution in [1.82, 2.24) is 4.90 Å². The van der Waals surface area contributed by atoms with E-state index in [2.05, 4.69) is 0 Å². The van der Waals surface area contributed by atoms with Gasteiger partial charge in [0.15, 0.2) is 0 Å². The highest BCUT2D eigenvalue weighted by Gasteiger charge is 2.26. The minimum Gasteiger partial charge on any atom is -0.393 e. The molecule has 3 N–H and O–H groups in total. The van der Waals surface area contributed by atoms with Crippen LogP contribution >= 0.6 is 0 Å². The van der Waals surface area contributed by atoms with Gasteiger partial charge in [-0.3, -0.25) is 4.79 Å². The number of rotatable bonds is 2. The molecule has 14 heavy (non-hydrogen) atoms. The second-order valence-corrected chi connectivity index (χ2v) is 4.19. The molecule has 1 saturated heterocycles. The Kier molecular flexibility index (Phi) is 3.89. The predicted molar refractivity (Wildman–Crippen MR) is 54.6 cm³/mol. The van der Waals surface area contributed by atoms with Crippen molar-refractivity contribution in [3.63, 3.8) is 0 Å². The Morgan fingerprint density at radius 2 is 1.93 bits per heavy atom. The topological polar surface area (TPSA) is 66.6 Å². The van der Waals surface area contributed by atoms with Crippen LogP contribution in [-0.4, -0.2) is 41.1 Å². The Morgan fingerprint density at radius 1 is 1.43 bits per heavy atom. The molecule has 82 valence electrons. The first-order valence-electron chi connectivity index (χ1n) is 5.24. The summed E-state index contributed by atoms with van der Waals surface area (Å²) in [4.78, 5) is 13.3. The van der Waals surface area contributed by atoms with Crippen molar-refractivity contribution in [1.29, 1.82) is 0 Å². The van der Waals surface area contributed by atoms with Crippen molar-refractivity contribution >= 4 is 5.91 Å². The number of amides is 1. The SMILES string of the molecule is CC(O)C1CCN(C(=O)[C@H](C)N)CC1. The molecule has 0 spiro atoms. The zero-order valence-corrected chi connectivity index (χ0v) is 8.94. The van der Waals surface area contributed by atoms with Gasteiger partial charge in [-0.1, -0.05) is 0 Å². The van der Waals surface area contributed by atoms with Crippen LogP contribution in [0.2, 0.25) is 0 Å². The lowest BCUT2D eigenvalue weighted by molar-refractivity contribution is -0.134. The number of nitrogens with two attached hydrogens (primary N) is 1. The van der Waals surface area contributed by atoms with E-state index in [1.54, 1.807) is 11.8 Å². The largest absolute Gasteiger partial charge is 0.393 e. The summed E-state index contributed by atoms with van der Waals surface area (Å²) >= 11 is 0. The highest BCUT2D eigenvalue weighted by atomic mass is 16.3. The molecular formula is C10H20N2O2. The Bertz CT molecular complexity index is 196. The van der Waals surface area contributed by atoms with Crippen LogP contribution in [0.5, 0.6) is 0 Å². The van der Waals surface area contributed by atoms with E-state index in [-0.39, 0.29) is 12.0 Å². The normalized spacial score (nSPS) is 23.3. The third kappa shape index (κ3) is 2.69. The molecule has 4 heteroatoms. The van der Waals surface area contributed by atoms with E-state index in [1.165, 1.54) is 0 Å². The predicted octanol–water partition coefficient (Wildman–Crippen LogP) is -0.0470. The summed E-state index contributed by atoms with van der Waals surface area (Å²) in [6.45, 7) is 4.99. The molecule has 0 saturated carbocycles. The maximum atomic E-state index is 11.5. The van der Waals surface area contributed by atoms with Crippen molar-refractivity contribution in [2.75, 3.05) is 13.1 Å². The number of carbonyl (C=O) groups excluding carboxylic acids is 1. The summed E-state index contributed by atoms with van der Waals surface area (Å²) in [5.41, 5.74) is 5.52. The smallest absolute Gasteiger partial charge is 0.239 e. The van der Waals surface area contributed by atoms with Gasteiger partial charge in [0.25, 0.3) is 0 Å². The summed E-state index contributed by atoms with van der Waals surface area (Å²) in [7, 11) is 0. The molecule has 0 aromatic carbocycles. The van der Waals surface area contributed by atoms with Gasteiger partial charge in [0.1, 0.15) is 0 Å². The van der Waals surface area contributed by atoms with Crippen LogP contribution in [0.25, 0.3) is 0 Å². The number of piperidine rings is 1. The fourth-order valence-electron chi connectivity index (χ4n) is 1.89. The molecule has 0 aliphatic carbocycles. The molecule has 0 bridgehead atoms. The van der Waals surface area contributed by atoms with Crippen LogP contribution < -0.4 is 5.73 Å². The lowest BCUT2D eigenvalue weighted by Crippen LogP contribution is -2.46. The number of carbonyl (C=O) groups is 1. The number of hydrogen-bond acceptors (Lipinski definition) is 3. The second kappa shape index (κ2) is 4.75. The Morgan fingerprint density at radius 3 is 2.29 bits per heavy atom. The van der Waals surface area contributed by atoms with Gasteiger partial charge >= 0.3 is 0 Å². The zero-order valence-electron chi connectivity index (χ0n) is 8.94. The standard InChI is InChI=1S/C10H20N2O2/c1-7(11)10(14)12-5-3-9(4-6-12)8(2)13/h7-9,13H,3-6,11H2,1-2H3/t7-,8?/m0/s1. The molecule has 0 radical (unpaired) electrons. The summed E-state index contributed by atoms with van der Waals surface area (Å²) in [6, 6.07) is -0.405. The van der Waals surface area contributed by atoms with Crippen molar-refractivity contribution < 1.29 is 9.90 Å². The van der Waals surface area contributed by atoms with Crippen LogP contribution in [0, 0.1) is 5.92 Å². The van der Waals surface area contributed by atoms with E-state index in [0.29, 0.717) is 5.92 Å². The lowest BCUT2D eigenvalue weighted by Gasteiger charge is -2.34. The van der Waals surface area contributed by atoms with Crippen LogP contribution in [0.1, 0.15) is 26.7 Å². The maximum absolute atomic E-state index is 11.5. The molecule has 1 amide bonds. The first-order valence-corrected chi connectivity index (χ1v) is 5.24. The molecule has 1 heterocycles. The van der Waals surface area contributed by atoms with Crippen molar-refractivity contribution in [3.8, 4) is 0 Å². The Balaban J connectivity index is 2.39. The average Bonchev–Trinajstić information content (AvgIpc) is 2.16. The van der Waals surface area contributed by atoms with Crippen molar-refractivity contribution in [2.24, 2.45) is 11.7 Å². The fourth-order valence-corrected chi connectivity index (χ4v) is 1.89. The Labute approximate surface area is 85.1 Å². The second-order valence-electron chi connectivity index (χ2n) is 4.19. The lowest BCUT2D eigenvalue weighted by atomic mass is 9.92. The molecular weight excluding hydrogens is 180 g/mol. The molecule has 1 aliphatic heterocycles. The zero-order chi connectivity index (χ0) is 10.7. The van der Waals surface area contributed by atoms with Gasteiger partial charge in [-0.15, -0.1) is 0 Å². The quantitative estimate of drug-likeness (QED) is 0.657. The summed E-state index contributed by atoms with van der Waals surface area (Å²) in [6.07, 6.45) is 1.51. The van der Waals surface area contributed by atoms with E-state index in [1.807, 2.05) is 6.92 Å². The molecule has 1 fully saturated rings.